The van der Waals surface area contributed by atoms with Crippen LogP contribution in [0, 0.1) is 5.92 Å². The zero-order chi connectivity index (χ0) is 17.5. The molecule has 0 aromatic heterocycles. The Labute approximate surface area is 141 Å². The van der Waals surface area contributed by atoms with Gasteiger partial charge in [-0.05, 0) is 57.4 Å². The molecule has 0 aliphatic heterocycles. The topological polar surface area (TPSA) is 46.5 Å². The second-order valence-electron chi connectivity index (χ2n) is 7.27. The highest BCUT2D eigenvalue weighted by Crippen LogP contribution is 2.32. The zero-order valence-electron chi connectivity index (χ0n) is 15.2. The van der Waals surface area contributed by atoms with Crippen LogP contribution in [0.3, 0.4) is 0 Å². The van der Waals surface area contributed by atoms with E-state index >= 15 is 0 Å². The van der Waals surface area contributed by atoms with Gasteiger partial charge in [-0.3, -0.25) is 0 Å². The first-order valence-electron chi connectivity index (χ1n) is 8.60. The van der Waals surface area contributed by atoms with E-state index in [0.29, 0.717) is 17.9 Å². The fourth-order valence-corrected chi connectivity index (χ4v) is 3.11. The minimum absolute atomic E-state index is 0.0384. The number of hydrogen-bond acceptors (Lipinski definition) is 2. The third-order valence-electron chi connectivity index (χ3n) is 4.73. The van der Waals surface area contributed by atoms with Crippen LogP contribution in [0.15, 0.2) is 35.5 Å². The Morgan fingerprint density at radius 3 is 2.74 bits per heavy atom. The van der Waals surface area contributed by atoms with E-state index in [1.54, 1.807) is 13.2 Å². The minimum Gasteiger partial charge on any atom is -0.478 e. The Bertz CT molecular complexity index is 483. The summed E-state index contributed by atoms with van der Waals surface area (Å²) in [6, 6.07) is 0. The summed E-state index contributed by atoms with van der Waals surface area (Å²) in [5.74, 6) is -0.187. The third-order valence-corrected chi connectivity index (χ3v) is 4.73. The molecule has 130 valence electrons. The van der Waals surface area contributed by atoms with Crippen molar-refractivity contribution < 1.29 is 14.6 Å². The number of rotatable bonds is 10. The van der Waals surface area contributed by atoms with Crippen LogP contribution < -0.4 is 0 Å². The number of carboxylic acids is 1. The molecule has 0 spiro atoms. The molecular weight excluding hydrogens is 288 g/mol. The van der Waals surface area contributed by atoms with Gasteiger partial charge in [0.1, 0.15) is 0 Å². The molecule has 0 aromatic rings. The monoisotopic (exact) mass is 320 g/mol. The van der Waals surface area contributed by atoms with Gasteiger partial charge >= 0.3 is 5.97 Å². The first kappa shape index (κ1) is 19.7. The normalized spacial score (nSPS) is 18.5. The Morgan fingerprint density at radius 1 is 1.48 bits per heavy atom. The van der Waals surface area contributed by atoms with Gasteiger partial charge in [-0.15, -0.1) is 6.58 Å². The molecule has 3 nitrogen and oxygen atoms in total. The molecular formula is C20H32O3. The van der Waals surface area contributed by atoms with Gasteiger partial charge in [-0.2, -0.15) is 0 Å². The summed E-state index contributed by atoms with van der Waals surface area (Å²) in [5.41, 5.74) is 2.84. The molecule has 23 heavy (non-hydrogen) atoms. The maximum atomic E-state index is 11.3. The quantitative estimate of drug-likeness (QED) is 0.440. The van der Waals surface area contributed by atoms with E-state index < -0.39 is 5.97 Å². The molecule has 0 radical (unpaired) electrons. The molecule has 0 amide bonds. The fraction of sp³-hybridized carbons (Fsp3) is 0.650. The lowest BCUT2D eigenvalue weighted by molar-refractivity contribution is -0.132. The first-order valence-corrected chi connectivity index (χ1v) is 8.60. The molecule has 0 bridgehead atoms. The van der Waals surface area contributed by atoms with Crippen molar-refractivity contribution >= 4 is 5.97 Å². The van der Waals surface area contributed by atoms with Crippen molar-refractivity contribution in [2.45, 2.75) is 71.3 Å². The van der Waals surface area contributed by atoms with Gasteiger partial charge < -0.3 is 9.84 Å². The molecule has 0 saturated carbocycles. The van der Waals surface area contributed by atoms with Gasteiger partial charge in [0, 0.05) is 12.7 Å². The average molecular weight is 320 g/mol. The lowest BCUT2D eigenvalue weighted by Gasteiger charge is -2.23. The van der Waals surface area contributed by atoms with Crippen molar-refractivity contribution in [1.29, 1.82) is 0 Å². The molecule has 1 rings (SSSR count). The highest BCUT2D eigenvalue weighted by atomic mass is 16.5. The van der Waals surface area contributed by atoms with Gasteiger partial charge in [0.05, 0.1) is 5.60 Å². The van der Waals surface area contributed by atoms with Crippen molar-refractivity contribution in [1.82, 2.24) is 0 Å². The number of methoxy groups -OCH3 is 1. The summed E-state index contributed by atoms with van der Waals surface area (Å²) in [6.45, 7) is 10.2. The Hall–Kier alpha value is -1.35. The molecule has 0 aromatic carbocycles. The van der Waals surface area contributed by atoms with E-state index in [0.717, 1.165) is 37.7 Å². The highest BCUT2D eigenvalue weighted by molar-refractivity contribution is 5.88. The maximum Gasteiger partial charge on any atom is 0.332 e. The van der Waals surface area contributed by atoms with E-state index in [1.807, 2.05) is 0 Å². The molecule has 3 heteroatoms. The van der Waals surface area contributed by atoms with Crippen LogP contribution in [0.1, 0.15) is 65.7 Å². The fourth-order valence-electron chi connectivity index (χ4n) is 3.11. The number of carboxylic acid groups (broad SMARTS) is 1. The first-order chi connectivity index (χ1) is 10.8. The molecule has 1 N–H and O–H groups in total. The van der Waals surface area contributed by atoms with E-state index in [4.69, 9.17) is 4.74 Å². The van der Waals surface area contributed by atoms with Gasteiger partial charge in [0.2, 0.25) is 0 Å². The average Bonchev–Trinajstić information content (AvgIpc) is 2.92. The van der Waals surface area contributed by atoms with Crippen molar-refractivity contribution in [3.63, 3.8) is 0 Å². The molecule has 0 fully saturated rings. The molecule has 0 heterocycles. The predicted molar refractivity (Wildman–Crippen MR) is 95.5 cm³/mol. The number of carbonyl (C=O) groups is 1. The van der Waals surface area contributed by atoms with Gasteiger partial charge in [0.25, 0.3) is 0 Å². The Kier molecular flexibility index (Phi) is 7.77. The van der Waals surface area contributed by atoms with Crippen LogP contribution in [0.4, 0.5) is 0 Å². The van der Waals surface area contributed by atoms with Crippen LogP contribution in [-0.4, -0.2) is 23.8 Å². The number of allylic oxidation sites excluding steroid dienone is 4. The zero-order valence-corrected chi connectivity index (χ0v) is 15.2. The lowest BCUT2D eigenvalue weighted by Crippen LogP contribution is -2.22. The van der Waals surface area contributed by atoms with Crippen molar-refractivity contribution in [2.75, 3.05) is 7.11 Å². The highest BCUT2D eigenvalue weighted by Gasteiger charge is 2.20. The van der Waals surface area contributed by atoms with Crippen LogP contribution in [0.5, 0.6) is 0 Å². The van der Waals surface area contributed by atoms with Crippen LogP contribution in [0.2, 0.25) is 0 Å². The number of ether oxygens (including phenoxy) is 1. The number of aliphatic carboxylic acids is 1. The summed E-state index contributed by atoms with van der Waals surface area (Å²) in [7, 11) is 1.77. The van der Waals surface area contributed by atoms with Crippen molar-refractivity contribution in [2.24, 2.45) is 5.92 Å². The molecule has 1 unspecified atom stereocenters. The lowest BCUT2D eigenvalue weighted by atomic mass is 9.92. The second-order valence-corrected chi connectivity index (χ2v) is 7.27. The van der Waals surface area contributed by atoms with E-state index in [9.17, 15) is 9.90 Å². The van der Waals surface area contributed by atoms with E-state index in [-0.39, 0.29) is 5.60 Å². The second kappa shape index (κ2) is 9.07. The SMILES string of the molecule is C=CC/C(C(=O)O)=C1\C=C(CC(C)CCCC(C)(C)OC)CC1. The van der Waals surface area contributed by atoms with Gasteiger partial charge in [-0.25, -0.2) is 4.79 Å². The van der Waals surface area contributed by atoms with Crippen LogP contribution >= 0.6 is 0 Å². The van der Waals surface area contributed by atoms with E-state index in [2.05, 4.69) is 33.4 Å². The minimum atomic E-state index is -0.813. The molecule has 1 atom stereocenters. The van der Waals surface area contributed by atoms with Gasteiger partial charge in [-0.1, -0.05) is 37.5 Å². The summed E-state index contributed by atoms with van der Waals surface area (Å²) in [6.07, 6.45) is 10.6. The smallest absolute Gasteiger partial charge is 0.332 e. The third kappa shape index (κ3) is 6.74. The van der Waals surface area contributed by atoms with Crippen molar-refractivity contribution in [3.05, 3.63) is 35.5 Å². The number of hydrogen-bond donors (Lipinski definition) is 1. The van der Waals surface area contributed by atoms with Crippen LogP contribution in [-0.2, 0) is 9.53 Å². The van der Waals surface area contributed by atoms with E-state index in [1.165, 1.54) is 12.0 Å². The van der Waals surface area contributed by atoms with Crippen molar-refractivity contribution in [3.8, 4) is 0 Å². The Balaban J connectivity index is 2.54. The summed E-state index contributed by atoms with van der Waals surface area (Å²) in [4.78, 5) is 11.3. The standard InChI is InChI=1S/C20H32O3/c1-6-8-18(19(21)22)17-11-10-16(14-17)13-15(2)9-7-12-20(3,4)23-5/h6,14-15H,1,7-13H2,2-5H3,(H,21,22)/b18-17+. The summed E-state index contributed by atoms with van der Waals surface area (Å²) >= 11 is 0. The summed E-state index contributed by atoms with van der Waals surface area (Å²) in [5, 5.41) is 9.30. The maximum absolute atomic E-state index is 11.3. The Morgan fingerprint density at radius 2 is 2.17 bits per heavy atom. The predicted octanol–water partition coefficient (Wildman–Crippen LogP) is 5.29. The molecule has 1 aliphatic rings. The molecule has 0 saturated heterocycles. The molecule has 1 aliphatic carbocycles. The van der Waals surface area contributed by atoms with Gasteiger partial charge in [0.15, 0.2) is 0 Å². The largest absolute Gasteiger partial charge is 0.478 e. The van der Waals surface area contributed by atoms with Crippen LogP contribution in [0.25, 0.3) is 0 Å². The summed E-state index contributed by atoms with van der Waals surface area (Å²) < 4.78 is 5.46.